The van der Waals surface area contributed by atoms with Crippen molar-refractivity contribution in [3.8, 4) is 5.75 Å². The molecule has 2 aromatic rings. The van der Waals surface area contributed by atoms with Gasteiger partial charge < -0.3 is 14.1 Å². The summed E-state index contributed by atoms with van der Waals surface area (Å²) in [6.45, 7) is 4.58. The lowest BCUT2D eigenvalue weighted by atomic mass is 10.1. The Kier molecular flexibility index (Phi) is 5.89. The van der Waals surface area contributed by atoms with Crippen LogP contribution in [0.5, 0.6) is 5.75 Å². The fraction of sp³-hybridized carbons (Fsp3) is 0.450. The number of rotatable bonds is 7. The molecule has 146 valence electrons. The highest BCUT2D eigenvalue weighted by Gasteiger charge is 2.36. The average molecular weight is 391 g/mol. The van der Waals surface area contributed by atoms with E-state index in [1.807, 2.05) is 32.0 Å². The molecule has 1 aliphatic heterocycles. The summed E-state index contributed by atoms with van der Waals surface area (Å²) >= 11 is 0. The normalized spacial score (nSPS) is 18.4. The van der Waals surface area contributed by atoms with Crippen molar-refractivity contribution in [1.82, 2.24) is 4.90 Å². The van der Waals surface area contributed by atoms with Gasteiger partial charge in [0.25, 0.3) is 5.91 Å². The van der Waals surface area contributed by atoms with E-state index in [9.17, 15) is 13.2 Å². The highest BCUT2D eigenvalue weighted by Crippen LogP contribution is 2.26. The first-order chi connectivity index (χ1) is 12.9. The maximum absolute atomic E-state index is 13.3. The van der Waals surface area contributed by atoms with Crippen LogP contribution in [0.15, 0.2) is 40.8 Å². The molecule has 0 spiro atoms. The molecule has 1 aromatic heterocycles. The summed E-state index contributed by atoms with van der Waals surface area (Å²) in [6.07, 6.45) is 1.27. The molecule has 27 heavy (non-hydrogen) atoms. The summed E-state index contributed by atoms with van der Waals surface area (Å²) in [6, 6.07) is 10.4. The van der Waals surface area contributed by atoms with Crippen LogP contribution < -0.4 is 4.74 Å². The van der Waals surface area contributed by atoms with Crippen LogP contribution in [0.25, 0.3) is 0 Å². The van der Waals surface area contributed by atoms with Gasteiger partial charge in [0.1, 0.15) is 17.3 Å². The first kappa shape index (κ1) is 19.5. The maximum atomic E-state index is 13.3. The Morgan fingerprint density at radius 1 is 1.26 bits per heavy atom. The van der Waals surface area contributed by atoms with Crippen LogP contribution in [0.3, 0.4) is 0 Å². The van der Waals surface area contributed by atoms with Gasteiger partial charge in [0, 0.05) is 6.04 Å². The summed E-state index contributed by atoms with van der Waals surface area (Å²) in [7, 11) is -3.12. The molecule has 0 unspecified atom stereocenters. The molecule has 2 heterocycles. The number of aryl methyl sites for hydroxylation is 1. The summed E-state index contributed by atoms with van der Waals surface area (Å²) in [5.74, 6) is 1.76. The van der Waals surface area contributed by atoms with Crippen LogP contribution >= 0.6 is 0 Å². The Labute approximate surface area is 160 Å². The molecule has 1 aromatic carbocycles. The number of carbonyl (C=O) groups excluding carboxylic acids is 1. The summed E-state index contributed by atoms with van der Waals surface area (Å²) in [5.41, 5.74) is 0.443. The van der Waals surface area contributed by atoms with Crippen molar-refractivity contribution < 1.29 is 22.4 Å². The van der Waals surface area contributed by atoms with Crippen molar-refractivity contribution in [3.63, 3.8) is 0 Å². The molecule has 3 rings (SSSR count). The Hall–Kier alpha value is -2.28. The van der Waals surface area contributed by atoms with Crippen molar-refractivity contribution in [2.24, 2.45) is 0 Å². The number of nitrogens with zero attached hydrogens (tertiary/aromatic N) is 1. The third kappa shape index (κ3) is 4.71. The van der Waals surface area contributed by atoms with E-state index in [1.165, 1.54) is 0 Å². The van der Waals surface area contributed by atoms with E-state index in [1.54, 1.807) is 23.1 Å². The molecule has 1 fully saturated rings. The first-order valence-corrected chi connectivity index (χ1v) is 11.0. The molecule has 1 atom stereocenters. The van der Waals surface area contributed by atoms with Gasteiger partial charge in [0.15, 0.2) is 9.84 Å². The standard InChI is InChI=1S/C20H25NO5S/c1-3-11-25-19-7-5-4-6-18(19)20(22)21(13-17-9-8-15(2)26-17)16-10-12-27(23,24)14-16/h4-9,16H,3,10-14H2,1-2H3/t16-/m0/s1. The number of para-hydroxylation sites is 1. The van der Waals surface area contributed by atoms with Crippen molar-refractivity contribution in [2.75, 3.05) is 18.1 Å². The zero-order valence-electron chi connectivity index (χ0n) is 15.7. The number of furan rings is 1. The minimum absolute atomic E-state index is 0.0174. The number of carbonyl (C=O) groups is 1. The summed E-state index contributed by atoms with van der Waals surface area (Å²) < 4.78 is 35.3. The fourth-order valence-corrected chi connectivity index (χ4v) is 4.99. The zero-order chi connectivity index (χ0) is 19.4. The van der Waals surface area contributed by atoms with Gasteiger partial charge in [0.2, 0.25) is 0 Å². The number of ether oxygens (including phenoxy) is 1. The van der Waals surface area contributed by atoms with Gasteiger partial charge in [-0.05, 0) is 44.0 Å². The minimum Gasteiger partial charge on any atom is -0.493 e. The molecule has 0 saturated carbocycles. The number of hydrogen-bond donors (Lipinski definition) is 0. The number of benzene rings is 1. The largest absolute Gasteiger partial charge is 0.493 e. The molecule has 6 nitrogen and oxygen atoms in total. The minimum atomic E-state index is -3.12. The Balaban J connectivity index is 1.91. The third-order valence-electron chi connectivity index (χ3n) is 4.61. The molecule has 0 radical (unpaired) electrons. The highest BCUT2D eigenvalue weighted by atomic mass is 32.2. The van der Waals surface area contributed by atoms with Crippen LogP contribution in [0, 0.1) is 6.92 Å². The summed E-state index contributed by atoms with van der Waals surface area (Å²) in [5, 5.41) is 0. The van der Waals surface area contributed by atoms with Crippen LogP contribution in [0.2, 0.25) is 0 Å². The lowest BCUT2D eigenvalue weighted by Gasteiger charge is -2.28. The van der Waals surface area contributed by atoms with Gasteiger partial charge in [-0.25, -0.2) is 8.42 Å². The molecule has 0 bridgehead atoms. The number of amides is 1. The van der Waals surface area contributed by atoms with Crippen molar-refractivity contribution in [2.45, 2.75) is 39.3 Å². The van der Waals surface area contributed by atoms with E-state index < -0.39 is 9.84 Å². The van der Waals surface area contributed by atoms with Crippen molar-refractivity contribution in [3.05, 3.63) is 53.5 Å². The monoisotopic (exact) mass is 391 g/mol. The maximum Gasteiger partial charge on any atom is 0.258 e. The van der Waals surface area contributed by atoms with E-state index in [-0.39, 0.29) is 30.0 Å². The van der Waals surface area contributed by atoms with Crippen LogP contribution in [0.1, 0.15) is 41.6 Å². The Bertz CT molecular complexity index is 903. The second-order valence-corrected chi connectivity index (χ2v) is 9.08. The number of sulfone groups is 1. The molecular formula is C20H25NO5S. The van der Waals surface area contributed by atoms with E-state index in [2.05, 4.69) is 0 Å². The second kappa shape index (κ2) is 8.17. The van der Waals surface area contributed by atoms with E-state index in [4.69, 9.17) is 9.15 Å². The van der Waals surface area contributed by atoms with Gasteiger partial charge in [-0.15, -0.1) is 0 Å². The van der Waals surface area contributed by atoms with E-state index in [0.717, 1.165) is 12.2 Å². The lowest BCUT2D eigenvalue weighted by molar-refractivity contribution is 0.0661. The predicted octanol–water partition coefficient (Wildman–Crippen LogP) is 3.21. The van der Waals surface area contributed by atoms with Gasteiger partial charge >= 0.3 is 0 Å². The molecular weight excluding hydrogens is 366 g/mol. The smallest absolute Gasteiger partial charge is 0.258 e. The van der Waals surface area contributed by atoms with E-state index >= 15 is 0 Å². The van der Waals surface area contributed by atoms with Gasteiger partial charge in [-0.2, -0.15) is 0 Å². The lowest BCUT2D eigenvalue weighted by Crippen LogP contribution is -2.40. The Morgan fingerprint density at radius 2 is 2.04 bits per heavy atom. The van der Waals surface area contributed by atoms with Crippen LogP contribution in [0.4, 0.5) is 0 Å². The molecule has 1 amide bonds. The zero-order valence-corrected chi connectivity index (χ0v) is 16.5. The van der Waals surface area contributed by atoms with Crippen molar-refractivity contribution in [1.29, 1.82) is 0 Å². The Morgan fingerprint density at radius 3 is 2.67 bits per heavy atom. The van der Waals surface area contributed by atoms with Gasteiger partial charge in [0.05, 0.1) is 30.2 Å². The predicted molar refractivity (Wildman–Crippen MR) is 103 cm³/mol. The molecule has 1 aliphatic rings. The molecule has 1 saturated heterocycles. The number of hydrogen-bond acceptors (Lipinski definition) is 5. The van der Waals surface area contributed by atoms with Crippen LogP contribution in [-0.2, 0) is 16.4 Å². The SMILES string of the molecule is CCCOc1ccccc1C(=O)N(Cc1ccc(C)o1)[C@H]1CCS(=O)(=O)C1. The van der Waals surface area contributed by atoms with Gasteiger partial charge in [-0.1, -0.05) is 19.1 Å². The quantitative estimate of drug-likeness (QED) is 0.724. The molecule has 7 heteroatoms. The third-order valence-corrected chi connectivity index (χ3v) is 6.36. The van der Waals surface area contributed by atoms with Gasteiger partial charge in [-0.3, -0.25) is 4.79 Å². The van der Waals surface area contributed by atoms with E-state index in [0.29, 0.717) is 30.1 Å². The second-order valence-electron chi connectivity index (χ2n) is 6.85. The first-order valence-electron chi connectivity index (χ1n) is 9.18. The molecule has 0 aliphatic carbocycles. The average Bonchev–Trinajstić information content (AvgIpc) is 3.22. The van der Waals surface area contributed by atoms with Crippen LogP contribution in [-0.4, -0.2) is 43.4 Å². The fourth-order valence-electron chi connectivity index (χ4n) is 3.26. The molecule has 0 N–H and O–H groups in total. The summed E-state index contributed by atoms with van der Waals surface area (Å²) in [4.78, 5) is 15.0. The van der Waals surface area contributed by atoms with Crippen molar-refractivity contribution >= 4 is 15.7 Å². The topological polar surface area (TPSA) is 76.8 Å². The highest BCUT2D eigenvalue weighted by molar-refractivity contribution is 7.91.